The Hall–Kier alpha value is -0.850. The molecule has 0 radical (unpaired) electrons. The predicted molar refractivity (Wildman–Crippen MR) is 90.1 cm³/mol. The highest BCUT2D eigenvalue weighted by molar-refractivity contribution is 7.80. The van der Waals surface area contributed by atoms with Crippen LogP contribution in [0.2, 0.25) is 0 Å². The van der Waals surface area contributed by atoms with Crippen molar-refractivity contribution in [1.29, 1.82) is 0 Å². The van der Waals surface area contributed by atoms with Gasteiger partial charge in [0.25, 0.3) is 0 Å². The van der Waals surface area contributed by atoms with E-state index in [0.29, 0.717) is 6.42 Å². The third-order valence-corrected chi connectivity index (χ3v) is 3.69. The Morgan fingerprint density at radius 3 is 1.68 bits per heavy atom. The lowest BCUT2D eigenvalue weighted by atomic mass is 10.1. The zero-order valence-electron chi connectivity index (χ0n) is 13.7. The fraction of sp³-hybridized carbons (Fsp3) is 0.750. The SMILES string of the molecule is CCCCCCCCCCCCOS(=O)(=O)O.c1cc[nH]c1. The van der Waals surface area contributed by atoms with E-state index in [0.717, 1.165) is 12.8 Å². The zero-order valence-corrected chi connectivity index (χ0v) is 14.5. The maximum absolute atomic E-state index is 10.2. The number of aromatic amines is 1. The van der Waals surface area contributed by atoms with E-state index < -0.39 is 10.4 Å². The molecule has 130 valence electrons. The second-order valence-electron chi connectivity index (χ2n) is 5.32. The lowest BCUT2D eigenvalue weighted by molar-refractivity contribution is 0.261. The molecule has 0 aromatic carbocycles. The Labute approximate surface area is 135 Å². The Kier molecular flexibility index (Phi) is 14.5. The third-order valence-electron chi connectivity index (χ3n) is 3.23. The standard InChI is InChI=1S/C12H26O4S.C4H5N/c1-2-3-4-5-6-7-8-9-10-11-12-16-17(13,14)15;1-2-4-5-3-1/h2-12H2,1H3,(H,13,14,15);1-5H. The highest BCUT2D eigenvalue weighted by Gasteiger charge is 2.02. The van der Waals surface area contributed by atoms with E-state index in [-0.39, 0.29) is 6.61 Å². The van der Waals surface area contributed by atoms with Gasteiger partial charge in [0.05, 0.1) is 6.61 Å². The lowest BCUT2D eigenvalue weighted by Gasteiger charge is -2.02. The quantitative estimate of drug-likeness (QED) is 0.427. The summed E-state index contributed by atoms with van der Waals surface area (Å²) in [6.07, 6.45) is 15.6. The first-order chi connectivity index (χ1) is 10.6. The lowest BCUT2D eigenvalue weighted by Crippen LogP contribution is -2.04. The summed E-state index contributed by atoms with van der Waals surface area (Å²) < 4.78 is 33.0. The van der Waals surface area contributed by atoms with Crippen molar-refractivity contribution >= 4 is 10.4 Å². The number of H-pyrrole nitrogens is 1. The minimum absolute atomic E-state index is 0.0926. The van der Waals surface area contributed by atoms with E-state index in [4.69, 9.17) is 4.55 Å². The van der Waals surface area contributed by atoms with Gasteiger partial charge in [-0.05, 0) is 18.6 Å². The van der Waals surface area contributed by atoms with Crippen LogP contribution < -0.4 is 0 Å². The fourth-order valence-electron chi connectivity index (χ4n) is 2.03. The van der Waals surface area contributed by atoms with Crippen LogP contribution in [0.4, 0.5) is 0 Å². The third kappa shape index (κ3) is 19.1. The van der Waals surface area contributed by atoms with E-state index in [9.17, 15) is 8.42 Å². The van der Waals surface area contributed by atoms with E-state index in [1.807, 2.05) is 24.5 Å². The number of hydrogen-bond acceptors (Lipinski definition) is 3. The summed E-state index contributed by atoms with van der Waals surface area (Å²) in [6, 6.07) is 3.89. The minimum atomic E-state index is -4.23. The molecule has 5 nitrogen and oxygen atoms in total. The number of rotatable bonds is 12. The molecule has 0 fully saturated rings. The Morgan fingerprint density at radius 2 is 1.32 bits per heavy atom. The van der Waals surface area contributed by atoms with Crippen LogP contribution in [0.3, 0.4) is 0 Å². The summed E-state index contributed by atoms with van der Waals surface area (Å²) >= 11 is 0. The Bertz CT molecular complexity index is 387. The molecule has 0 atom stereocenters. The second-order valence-corrected chi connectivity index (χ2v) is 6.41. The molecule has 0 saturated heterocycles. The van der Waals surface area contributed by atoms with E-state index in [1.165, 1.54) is 44.9 Å². The molecule has 6 heteroatoms. The number of aromatic nitrogens is 1. The van der Waals surface area contributed by atoms with Gasteiger partial charge in [-0.25, -0.2) is 4.18 Å². The molecule has 0 aliphatic carbocycles. The molecular formula is C16H31NO4S. The van der Waals surface area contributed by atoms with Crippen LogP contribution >= 0.6 is 0 Å². The average Bonchev–Trinajstić information content (AvgIpc) is 3.03. The zero-order chi connectivity index (χ0) is 16.5. The molecule has 2 N–H and O–H groups in total. The summed E-state index contributed by atoms with van der Waals surface area (Å²) in [6.45, 7) is 2.31. The Balaban J connectivity index is 0.000000734. The number of nitrogens with one attached hydrogen (secondary N) is 1. The fourth-order valence-corrected chi connectivity index (χ4v) is 2.36. The number of unbranched alkanes of at least 4 members (excludes halogenated alkanes) is 9. The van der Waals surface area contributed by atoms with Crippen LogP contribution in [0.1, 0.15) is 71.1 Å². The van der Waals surface area contributed by atoms with Crippen LogP contribution in [0.25, 0.3) is 0 Å². The van der Waals surface area contributed by atoms with E-state index >= 15 is 0 Å². The average molecular weight is 333 g/mol. The molecule has 1 aromatic rings. The van der Waals surface area contributed by atoms with Crippen molar-refractivity contribution in [3.05, 3.63) is 24.5 Å². The van der Waals surface area contributed by atoms with Crippen molar-refractivity contribution in [2.24, 2.45) is 0 Å². The summed E-state index contributed by atoms with van der Waals surface area (Å²) in [5, 5.41) is 0. The van der Waals surface area contributed by atoms with Crippen LogP contribution in [-0.4, -0.2) is 24.6 Å². The molecule has 0 bridgehead atoms. The molecule has 1 heterocycles. The van der Waals surface area contributed by atoms with Gasteiger partial charge in [-0.15, -0.1) is 0 Å². The summed E-state index contributed by atoms with van der Waals surface area (Å²) in [5.74, 6) is 0. The van der Waals surface area contributed by atoms with E-state index in [1.54, 1.807) is 0 Å². The summed E-state index contributed by atoms with van der Waals surface area (Å²) in [5.41, 5.74) is 0. The smallest absolute Gasteiger partial charge is 0.368 e. The highest BCUT2D eigenvalue weighted by atomic mass is 32.3. The molecule has 1 rings (SSSR count). The summed E-state index contributed by atoms with van der Waals surface area (Å²) in [4.78, 5) is 2.86. The van der Waals surface area contributed by atoms with Crippen molar-refractivity contribution in [1.82, 2.24) is 4.98 Å². The van der Waals surface area contributed by atoms with E-state index in [2.05, 4.69) is 16.1 Å². The van der Waals surface area contributed by atoms with Crippen LogP contribution in [-0.2, 0) is 14.6 Å². The molecule has 0 aliphatic rings. The number of hydrogen-bond donors (Lipinski definition) is 2. The molecule has 1 aromatic heterocycles. The largest absolute Gasteiger partial charge is 0.397 e. The molecule has 0 aliphatic heterocycles. The molecule has 0 saturated carbocycles. The maximum atomic E-state index is 10.2. The highest BCUT2D eigenvalue weighted by Crippen LogP contribution is 2.10. The minimum Gasteiger partial charge on any atom is -0.368 e. The van der Waals surface area contributed by atoms with Crippen molar-refractivity contribution in [2.45, 2.75) is 71.1 Å². The van der Waals surface area contributed by atoms with Gasteiger partial charge < -0.3 is 4.98 Å². The van der Waals surface area contributed by atoms with Crippen LogP contribution in [0.15, 0.2) is 24.5 Å². The normalized spacial score (nSPS) is 11.0. The van der Waals surface area contributed by atoms with Crippen molar-refractivity contribution in [3.8, 4) is 0 Å². The van der Waals surface area contributed by atoms with Gasteiger partial charge in [0.1, 0.15) is 0 Å². The van der Waals surface area contributed by atoms with Gasteiger partial charge in [-0.1, -0.05) is 64.7 Å². The topological polar surface area (TPSA) is 79.4 Å². The van der Waals surface area contributed by atoms with Gasteiger partial charge in [0.15, 0.2) is 0 Å². The molecule has 22 heavy (non-hydrogen) atoms. The molecule has 0 amide bonds. The predicted octanol–water partition coefficient (Wildman–Crippen LogP) is 4.74. The molecule has 0 unspecified atom stereocenters. The Morgan fingerprint density at radius 1 is 0.864 bits per heavy atom. The van der Waals surface area contributed by atoms with Crippen LogP contribution in [0.5, 0.6) is 0 Å². The van der Waals surface area contributed by atoms with Crippen LogP contribution in [0, 0.1) is 0 Å². The van der Waals surface area contributed by atoms with Gasteiger partial charge in [-0.3, -0.25) is 4.55 Å². The molecular weight excluding hydrogens is 302 g/mol. The van der Waals surface area contributed by atoms with Crippen molar-refractivity contribution < 1.29 is 17.2 Å². The first-order valence-corrected chi connectivity index (χ1v) is 9.62. The molecule has 0 spiro atoms. The van der Waals surface area contributed by atoms with Crippen molar-refractivity contribution in [2.75, 3.05) is 6.61 Å². The van der Waals surface area contributed by atoms with Crippen molar-refractivity contribution in [3.63, 3.8) is 0 Å². The maximum Gasteiger partial charge on any atom is 0.397 e. The second kappa shape index (κ2) is 15.1. The van der Waals surface area contributed by atoms with Gasteiger partial charge in [0.2, 0.25) is 0 Å². The first-order valence-electron chi connectivity index (χ1n) is 8.26. The monoisotopic (exact) mass is 333 g/mol. The van der Waals surface area contributed by atoms with Gasteiger partial charge in [0, 0.05) is 12.4 Å². The summed E-state index contributed by atoms with van der Waals surface area (Å²) in [7, 11) is -4.23. The van der Waals surface area contributed by atoms with Gasteiger partial charge >= 0.3 is 10.4 Å². The first kappa shape index (κ1) is 21.1. The van der Waals surface area contributed by atoms with Gasteiger partial charge in [-0.2, -0.15) is 8.42 Å².